The van der Waals surface area contributed by atoms with Gasteiger partial charge in [-0.25, -0.2) is 4.39 Å². The summed E-state index contributed by atoms with van der Waals surface area (Å²) in [5.74, 6) is -0.310. The molecule has 0 aliphatic carbocycles. The number of carbonyl (C=O) groups excluding carboxylic acids is 1. The third-order valence-corrected chi connectivity index (χ3v) is 6.74. The van der Waals surface area contributed by atoms with Gasteiger partial charge in [0.05, 0.1) is 15.6 Å². The van der Waals surface area contributed by atoms with Crippen LogP contribution in [-0.4, -0.2) is 10.2 Å². The molecule has 1 amide bonds. The lowest BCUT2D eigenvalue weighted by atomic mass is 10.1. The van der Waals surface area contributed by atoms with Crippen molar-refractivity contribution < 1.29 is 13.9 Å². The van der Waals surface area contributed by atoms with Crippen LogP contribution in [0.2, 0.25) is 15.1 Å². The van der Waals surface area contributed by atoms with E-state index < -0.39 is 5.82 Å². The maximum Gasteiger partial charge on any atom is 0.270 e. The van der Waals surface area contributed by atoms with Crippen LogP contribution in [-0.2, 0) is 11.4 Å². The van der Waals surface area contributed by atoms with Crippen molar-refractivity contribution >= 4 is 80.8 Å². The molecule has 1 aliphatic rings. The fraction of sp³-hybridized carbons (Fsp3) is 0.0435. The maximum atomic E-state index is 13.5. The number of nitrogens with zero attached hydrogens (tertiary/aromatic N) is 1. The monoisotopic (exact) mass is 523 g/mol. The van der Waals surface area contributed by atoms with E-state index in [1.54, 1.807) is 30.3 Å². The van der Waals surface area contributed by atoms with Crippen molar-refractivity contribution in [2.45, 2.75) is 6.61 Å². The number of ether oxygens (including phenoxy) is 1. The first-order valence-corrected chi connectivity index (χ1v) is 11.6. The fourth-order valence-electron chi connectivity index (χ4n) is 2.98. The molecule has 0 N–H and O–H groups in total. The van der Waals surface area contributed by atoms with Gasteiger partial charge in [0, 0.05) is 21.2 Å². The van der Waals surface area contributed by atoms with Crippen molar-refractivity contribution in [1.29, 1.82) is 0 Å². The first kappa shape index (κ1) is 23.1. The quantitative estimate of drug-likeness (QED) is 0.252. The van der Waals surface area contributed by atoms with Gasteiger partial charge in [0.15, 0.2) is 4.32 Å². The number of halogens is 4. The van der Waals surface area contributed by atoms with Crippen molar-refractivity contribution in [2.24, 2.45) is 0 Å². The van der Waals surface area contributed by atoms with E-state index in [9.17, 15) is 9.18 Å². The molecule has 9 heteroatoms. The SMILES string of the molecule is O=C1/C(=C\c2ccccc2OCc2ccc(Cl)cc2Cl)SC(=S)N1c1ccc(F)c(Cl)c1. The van der Waals surface area contributed by atoms with Gasteiger partial charge in [-0.2, -0.15) is 0 Å². The number of carbonyl (C=O) groups is 1. The van der Waals surface area contributed by atoms with Crippen LogP contribution in [0.25, 0.3) is 6.08 Å². The standard InChI is InChI=1S/C23H13Cl3FNO2S2/c24-15-6-5-14(17(25)10-15)12-30-20-4-2-1-3-13(20)9-21-22(29)28(23(31)32-21)16-7-8-19(27)18(26)11-16/h1-11H,12H2/b21-9+. The van der Waals surface area contributed by atoms with Gasteiger partial charge in [-0.15, -0.1) is 0 Å². The van der Waals surface area contributed by atoms with Gasteiger partial charge in [0.25, 0.3) is 5.91 Å². The number of hydrogen-bond donors (Lipinski definition) is 0. The summed E-state index contributed by atoms with van der Waals surface area (Å²) in [5, 5.41) is 0.970. The molecule has 4 rings (SSSR count). The highest BCUT2D eigenvalue weighted by Crippen LogP contribution is 2.38. The molecule has 32 heavy (non-hydrogen) atoms. The highest BCUT2D eigenvalue weighted by atomic mass is 35.5. The zero-order valence-electron chi connectivity index (χ0n) is 16.2. The normalized spacial score (nSPS) is 15.0. The number of benzene rings is 3. The zero-order chi connectivity index (χ0) is 22.8. The molecule has 1 heterocycles. The molecule has 0 unspecified atom stereocenters. The minimum absolute atomic E-state index is 0.0832. The van der Waals surface area contributed by atoms with Gasteiger partial charge in [-0.05, 0) is 42.5 Å². The van der Waals surface area contributed by atoms with Gasteiger partial charge in [0.1, 0.15) is 18.2 Å². The Balaban J connectivity index is 1.58. The molecule has 0 spiro atoms. The van der Waals surface area contributed by atoms with Gasteiger partial charge in [0.2, 0.25) is 0 Å². The predicted octanol–water partition coefficient (Wildman–Crippen LogP) is 7.77. The minimum atomic E-state index is -0.566. The largest absolute Gasteiger partial charge is 0.488 e. The average molecular weight is 525 g/mol. The molecular weight excluding hydrogens is 512 g/mol. The van der Waals surface area contributed by atoms with Crippen molar-refractivity contribution in [2.75, 3.05) is 4.90 Å². The van der Waals surface area contributed by atoms with E-state index in [4.69, 9.17) is 51.8 Å². The summed E-state index contributed by atoms with van der Waals surface area (Å²) in [6.45, 7) is 0.232. The molecule has 1 aliphatic heterocycles. The Bertz CT molecular complexity index is 1270. The molecule has 1 fully saturated rings. The molecule has 0 bridgehead atoms. The van der Waals surface area contributed by atoms with Crippen molar-refractivity contribution in [3.63, 3.8) is 0 Å². The summed E-state index contributed by atoms with van der Waals surface area (Å²) in [6.07, 6.45) is 1.71. The van der Waals surface area contributed by atoms with Gasteiger partial charge in [-0.3, -0.25) is 9.69 Å². The van der Waals surface area contributed by atoms with E-state index in [1.807, 2.05) is 18.2 Å². The van der Waals surface area contributed by atoms with E-state index in [2.05, 4.69) is 0 Å². The van der Waals surface area contributed by atoms with Crippen LogP contribution >= 0.6 is 58.8 Å². The van der Waals surface area contributed by atoms with E-state index in [-0.39, 0.29) is 17.5 Å². The summed E-state index contributed by atoms with van der Waals surface area (Å²) >= 11 is 24.6. The second-order valence-corrected chi connectivity index (χ2v) is 9.60. The Hall–Kier alpha value is -2.09. The van der Waals surface area contributed by atoms with Gasteiger partial charge in [-0.1, -0.05) is 83.0 Å². The lowest BCUT2D eigenvalue weighted by molar-refractivity contribution is -0.113. The third-order valence-electron chi connectivity index (χ3n) is 4.56. The van der Waals surface area contributed by atoms with Crippen molar-refractivity contribution in [3.05, 3.63) is 97.6 Å². The summed E-state index contributed by atoms with van der Waals surface area (Å²) in [4.78, 5) is 14.8. The lowest BCUT2D eigenvalue weighted by Gasteiger charge is -2.15. The number of para-hydroxylation sites is 1. The Morgan fingerprint density at radius 3 is 2.56 bits per heavy atom. The fourth-order valence-corrected chi connectivity index (χ4v) is 4.91. The molecule has 162 valence electrons. The van der Waals surface area contributed by atoms with Crippen molar-refractivity contribution in [1.82, 2.24) is 0 Å². The second kappa shape index (κ2) is 9.81. The van der Waals surface area contributed by atoms with Crippen LogP contribution < -0.4 is 9.64 Å². The average Bonchev–Trinajstić information content (AvgIpc) is 3.03. The molecule has 1 saturated heterocycles. The smallest absolute Gasteiger partial charge is 0.270 e. The Morgan fingerprint density at radius 2 is 1.81 bits per heavy atom. The Morgan fingerprint density at radius 1 is 1.03 bits per heavy atom. The molecular formula is C23H13Cl3FNO2S2. The summed E-state index contributed by atoms with van der Waals surface area (Å²) in [7, 11) is 0. The Labute approximate surface area is 208 Å². The number of hydrogen-bond acceptors (Lipinski definition) is 4. The topological polar surface area (TPSA) is 29.5 Å². The number of thiocarbonyl (C=S) groups is 1. The molecule has 3 nitrogen and oxygen atoms in total. The first-order valence-electron chi connectivity index (χ1n) is 9.22. The van der Waals surface area contributed by atoms with Crippen LogP contribution in [0, 0.1) is 5.82 Å². The zero-order valence-corrected chi connectivity index (χ0v) is 20.1. The third kappa shape index (κ3) is 4.95. The summed E-state index contributed by atoms with van der Waals surface area (Å²) in [6, 6.07) is 16.5. The van der Waals surface area contributed by atoms with Gasteiger partial charge >= 0.3 is 0 Å². The van der Waals surface area contributed by atoms with E-state index in [1.165, 1.54) is 23.1 Å². The van der Waals surface area contributed by atoms with Crippen LogP contribution in [0.4, 0.5) is 10.1 Å². The van der Waals surface area contributed by atoms with E-state index >= 15 is 0 Å². The van der Waals surface area contributed by atoms with Crippen LogP contribution in [0.5, 0.6) is 5.75 Å². The lowest BCUT2D eigenvalue weighted by Crippen LogP contribution is -2.27. The molecule has 0 atom stereocenters. The number of anilines is 1. The van der Waals surface area contributed by atoms with E-state index in [0.717, 1.165) is 17.3 Å². The molecule has 3 aromatic rings. The summed E-state index contributed by atoms with van der Waals surface area (Å²) in [5.41, 5.74) is 1.89. The van der Waals surface area contributed by atoms with E-state index in [0.29, 0.717) is 36.3 Å². The molecule has 0 saturated carbocycles. The summed E-state index contributed by atoms with van der Waals surface area (Å²) < 4.78 is 19.8. The Kier molecular flexibility index (Phi) is 7.08. The minimum Gasteiger partial charge on any atom is -0.488 e. The highest BCUT2D eigenvalue weighted by Gasteiger charge is 2.33. The number of rotatable bonds is 5. The van der Waals surface area contributed by atoms with Crippen LogP contribution in [0.15, 0.2) is 65.6 Å². The van der Waals surface area contributed by atoms with Crippen LogP contribution in [0.3, 0.4) is 0 Å². The predicted molar refractivity (Wildman–Crippen MR) is 134 cm³/mol. The number of amides is 1. The number of thioether (sulfide) groups is 1. The molecule has 0 radical (unpaired) electrons. The van der Waals surface area contributed by atoms with Crippen molar-refractivity contribution in [3.8, 4) is 5.75 Å². The van der Waals surface area contributed by atoms with Crippen LogP contribution in [0.1, 0.15) is 11.1 Å². The maximum absolute atomic E-state index is 13.5. The first-order chi connectivity index (χ1) is 15.3. The molecule has 0 aromatic heterocycles. The molecule has 3 aromatic carbocycles. The highest BCUT2D eigenvalue weighted by molar-refractivity contribution is 8.27. The van der Waals surface area contributed by atoms with Gasteiger partial charge < -0.3 is 4.74 Å². The second-order valence-electron chi connectivity index (χ2n) is 6.68.